The zero-order valence-electron chi connectivity index (χ0n) is 9.28. The van der Waals surface area contributed by atoms with E-state index in [9.17, 15) is 4.79 Å². The van der Waals surface area contributed by atoms with E-state index in [2.05, 4.69) is 15.3 Å². The van der Waals surface area contributed by atoms with E-state index in [1.54, 1.807) is 12.3 Å². The van der Waals surface area contributed by atoms with Crippen molar-refractivity contribution in [3.63, 3.8) is 0 Å². The van der Waals surface area contributed by atoms with Crippen molar-refractivity contribution in [3.05, 3.63) is 45.8 Å². The molecule has 0 aliphatic carbocycles. The van der Waals surface area contributed by atoms with Crippen LogP contribution in [0.15, 0.2) is 35.3 Å². The number of benzene rings is 1. The molecule has 18 heavy (non-hydrogen) atoms. The minimum Gasteiger partial charge on any atom is -0.374 e. The summed E-state index contributed by atoms with van der Waals surface area (Å²) in [4.78, 5) is 12.2. The number of hydrogen-bond donors (Lipinski definition) is 1. The molecule has 0 amide bonds. The molecular formula is C11H9N5OS. The lowest BCUT2D eigenvalue weighted by Crippen LogP contribution is -2.23. The molecule has 0 bridgehead atoms. The SMILES string of the molecule is Nc1nnc(Cn2ncc3ccccc3c2=O)s1. The first kappa shape index (κ1) is 10.8. The highest BCUT2D eigenvalue weighted by atomic mass is 32.1. The van der Waals surface area contributed by atoms with Gasteiger partial charge in [0.05, 0.1) is 18.1 Å². The van der Waals surface area contributed by atoms with Crippen LogP contribution in [0, 0.1) is 0 Å². The second kappa shape index (κ2) is 4.19. The van der Waals surface area contributed by atoms with E-state index in [4.69, 9.17) is 5.73 Å². The van der Waals surface area contributed by atoms with Gasteiger partial charge in [-0.25, -0.2) is 4.68 Å². The van der Waals surface area contributed by atoms with Gasteiger partial charge in [-0.1, -0.05) is 29.5 Å². The monoisotopic (exact) mass is 259 g/mol. The molecule has 0 saturated heterocycles. The Kier molecular flexibility index (Phi) is 2.52. The minimum atomic E-state index is -0.137. The summed E-state index contributed by atoms with van der Waals surface area (Å²) in [6, 6.07) is 7.34. The number of nitrogen functional groups attached to an aromatic ring is 1. The predicted octanol–water partition coefficient (Wildman–Crippen LogP) is 0.878. The first-order chi connectivity index (χ1) is 8.74. The van der Waals surface area contributed by atoms with E-state index >= 15 is 0 Å². The van der Waals surface area contributed by atoms with Gasteiger partial charge in [0.15, 0.2) is 0 Å². The number of nitrogens with two attached hydrogens (primary N) is 1. The van der Waals surface area contributed by atoms with E-state index in [1.807, 2.05) is 18.2 Å². The first-order valence-corrected chi connectivity index (χ1v) is 6.08. The smallest absolute Gasteiger partial charge is 0.275 e. The minimum absolute atomic E-state index is 0.137. The summed E-state index contributed by atoms with van der Waals surface area (Å²) in [6.45, 7) is 0.290. The summed E-state index contributed by atoms with van der Waals surface area (Å²) in [7, 11) is 0. The van der Waals surface area contributed by atoms with Crippen molar-refractivity contribution in [1.82, 2.24) is 20.0 Å². The second-order valence-electron chi connectivity index (χ2n) is 3.73. The summed E-state index contributed by atoms with van der Waals surface area (Å²) in [5.74, 6) is 0. The first-order valence-electron chi connectivity index (χ1n) is 5.27. The third-order valence-corrected chi connectivity index (χ3v) is 3.27. The largest absolute Gasteiger partial charge is 0.374 e. The van der Waals surface area contributed by atoms with Gasteiger partial charge in [0.2, 0.25) is 5.13 Å². The lowest BCUT2D eigenvalue weighted by atomic mass is 10.2. The van der Waals surface area contributed by atoms with E-state index < -0.39 is 0 Å². The van der Waals surface area contributed by atoms with Gasteiger partial charge in [-0.2, -0.15) is 5.10 Å². The van der Waals surface area contributed by atoms with E-state index in [0.29, 0.717) is 22.1 Å². The fourth-order valence-electron chi connectivity index (χ4n) is 1.70. The highest BCUT2D eigenvalue weighted by Gasteiger charge is 2.07. The molecule has 90 valence electrons. The number of rotatable bonds is 2. The fraction of sp³-hybridized carbons (Fsp3) is 0.0909. The topological polar surface area (TPSA) is 86.7 Å². The molecule has 0 saturated carbocycles. The van der Waals surface area contributed by atoms with E-state index in [0.717, 1.165) is 5.39 Å². The summed E-state index contributed by atoms with van der Waals surface area (Å²) in [6.07, 6.45) is 1.67. The van der Waals surface area contributed by atoms with Crippen LogP contribution in [-0.2, 0) is 6.54 Å². The van der Waals surface area contributed by atoms with Crippen LogP contribution in [0.2, 0.25) is 0 Å². The highest BCUT2D eigenvalue weighted by Crippen LogP contribution is 2.12. The third kappa shape index (κ3) is 1.84. The van der Waals surface area contributed by atoms with Crippen LogP contribution in [0.5, 0.6) is 0 Å². The quantitative estimate of drug-likeness (QED) is 0.738. The van der Waals surface area contributed by atoms with Crippen LogP contribution < -0.4 is 11.3 Å². The fourth-order valence-corrected chi connectivity index (χ4v) is 2.29. The Morgan fingerprint density at radius 3 is 2.89 bits per heavy atom. The molecule has 0 fully saturated rings. The Morgan fingerprint density at radius 1 is 1.28 bits per heavy atom. The van der Waals surface area contributed by atoms with Crippen LogP contribution in [0.25, 0.3) is 10.8 Å². The Morgan fingerprint density at radius 2 is 2.11 bits per heavy atom. The Labute approximate surface area is 106 Å². The third-order valence-electron chi connectivity index (χ3n) is 2.53. The molecule has 2 N–H and O–H groups in total. The summed E-state index contributed by atoms with van der Waals surface area (Å²) >= 11 is 1.25. The van der Waals surface area contributed by atoms with Crippen molar-refractivity contribution in [2.75, 3.05) is 5.73 Å². The van der Waals surface area contributed by atoms with Crippen LogP contribution >= 0.6 is 11.3 Å². The maximum absolute atomic E-state index is 12.2. The lowest BCUT2D eigenvalue weighted by Gasteiger charge is -2.02. The maximum atomic E-state index is 12.2. The average Bonchev–Trinajstić information content (AvgIpc) is 2.79. The van der Waals surface area contributed by atoms with E-state index in [1.165, 1.54) is 16.0 Å². The Hall–Kier alpha value is -2.28. The normalized spacial score (nSPS) is 10.9. The molecule has 3 rings (SSSR count). The van der Waals surface area contributed by atoms with Crippen LogP contribution in [-0.4, -0.2) is 20.0 Å². The Bertz CT molecular complexity index is 763. The zero-order valence-corrected chi connectivity index (χ0v) is 10.1. The average molecular weight is 259 g/mol. The highest BCUT2D eigenvalue weighted by molar-refractivity contribution is 7.15. The van der Waals surface area contributed by atoms with E-state index in [-0.39, 0.29) is 5.56 Å². The van der Waals surface area contributed by atoms with Gasteiger partial charge < -0.3 is 5.73 Å². The number of fused-ring (bicyclic) bond motifs is 1. The Balaban J connectivity index is 2.08. The van der Waals surface area contributed by atoms with Crippen molar-refractivity contribution in [1.29, 1.82) is 0 Å². The van der Waals surface area contributed by atoms with Gasteiger partial charge in [0.1, 0.15) is 5.01 Å². The molecule has 1 aromatic carbocycles. The summed E-state index contributed by atoms with van der Waals surface area (Å²) < 4.78 is 1.36. The van der Waals surface area contributed by atoms with Crippen LogP contribution in [0.1, 0.15) is 5.01 Å². The number of aromatic nitrogens is 4. The van der Waals surface area contributed by atoms with Crippen LogP contribution in [0.4, 0.5) is 5.13 Å². The molecule has 0 aliphatic heterocycles. The molecule has 2 aromatic heterocycles. The summed E-state index contributed by atoms with van der Waals surface area (Å²) in [5.41, 5.74) is 5.36. The predicted molar refractivity (Wildman–Crippen MR) is 69.4 cm³/mol. The molecule has 7 heteroatoms. The number of nitrogens with zero attached hydrogens (tertiary/aromatic N) is 4. The van der Waals surface area contributed by atoms with Crippen LogP contribution in [0.3, 0.4) is 0 Å². The van der Waals surface area contributed by atoms with Gasteiger partial charge in [0.25, 0.3) is 5.56 Å². The molecule has 3 aromatic rings. The van der Waals surface area contributed by atoms with Crippen molar-refractivity contribution >= 4 is 27.2 Å². The van der Waals surface area contributed by atoms with Crippen molar-refractivity contribution < 1.29 is 0 Å². The molecular weight excluding hydrogens is 250 g/mol. The van der Waals surface area contributed by atoms with Crippen molar-refractivity contribution in [3.8, 4) is 0 Å². The molecule has 0 spiro atoms. The van der Waals surface area contributed by atoms with Crippen molar-refractivity contribution in [2.24, 2.45) is 0 Å². The second-order valence-corrected chi connectivity index (χ2v) is 4.82. The number of hydrogen-bond acceptors (Lipinski definition) is 6. The van der Waals surface area contributed by atoms with Gasteiger partial charge in [-0.15, -0.1) is 10.2 Å². The van der Waals surface area contributed by atoms with Crippen molar-refractivity contribution in [2.45, 2.75) is 6.54 Å². The standard InChI is InChI=1S/C11H9N5OS/c12-11-15-14-9(18-11)6-16-10(17)8-4-2-1-3-7(8)5-13-16/h1-5H,6H2,(H2,12,15). The number of anilines is 1. The van der Waals surface area contributed by atoms with Gasteiger partial charge >= 0.3 is 0 Å². The molecule has 0 radical (unpaired) electrons. The lowest BCUT2D eigenvalue weighted by molar-refractivity contribution is 0.640. The maximum Gasteiger partial charge on any atom is 0.275 e. The molecule has 0 aliphatic rings. The molecule has 2 heterocycles. The van der Waals surface area contributed by atoms with Gasteiger partial charge in [0, 0.05) is 5.39 Å². The zero-order chi connectivity index (χ0) is 12.5. The molecule has 0 atom stereocenters. The summed E-state index contributed by atoms with van der Waals surface area (Å²) in [5, 5.41) is 14.2. The molecule has 6 nitrogen and oxygen atoms in total. The van der Waals surface area contributed by atoms with Gasteiger partial charge in [-0.05, 0) is 6.07 Å². The molecule has 0 unspecified atom stereocenters. The van der Waals surface area contributed by atoms with Gasteiger partial charge in [-0.3, -0.25) is 4.79 Å².